The van der Waals surface area contributed by atoms with Crippen molar-refractivity contribution < 1.29 is 14.3 Å². The lowest BCUT2D eigenvalue weighted by Crippen LogP contribution is -2.43. The molecule has 4 nitrogen and oxygen atoms in total. The number of benzene rings is 2. The van der Waals surface area contributed by atoms with Crippen molar-refractivity contribution in [2.45, 2.75) is 12.5 Å². The summed E-state index contributed by atoms with van der Waals surface area (Å²) in [5.74, 6) is -0.737. The first-order valence-electron chi connectivity index (χ1n) is 6.79. The highest BCUT2D eigenvalue weighted by Crippen LogP contribution is 2.12. The third-order valence-electron chi connectivity index (χ3n) is 3.19. The third kappa shape index (κ3) is 4.30. The lowest BCUT2D eigenvalue weighted by Gasteiger charge is -2.17. The average molecular weight is 409 g/mol. The summed E-state index contributed by atoms with van der Waals surface area (Å²) in [6.07, 6.45) is 0.392. The van der Waals surface area contributed by atoms with Gasteiger partial charge in [0.25, 0.3) is 5.91 Å². The zero-order chi connectivity index (χ0) is 15.9. The second-order valence-corrected chi connectivity index (χ2v) is 5.88. The van der Waals surface area contributed by atoms with Crippen LogP contribution in [0.5, 0.6) is 0 Å². The Hall–Kier alpha value is -1.89. The molecule has 22 heavy (non-hydrogen) atoms. The fourth-order valence-corrected chi connectivity index (χ4v) is 2.70. The SMILES string of the molecule is COC(=O)C(Cc1ccccc1)NC(=O)c1ccccc1I. The molecule has 0 aliphatic carbocycles. The van der Waals surface area contributed by atoms with Crippen molar-refractivity contribution in [3.05, 3.63) is 69.3 Å². The number of hydrogen-bond donors (Lipinski definition) is 1. The Labute approximate surface area is 143 Å². The molecular weight excluding hydrogens is 393 g/mol. The molecule has 0 aliphatic rings. The molecule has 0 aromatic heterocycles. The summed E-state index contributed by atoms with van der Waals surface area (Å²) in [5.41, 5.74) is 1.51. The van der Waals surface area contributed by atoms with Gasteiger partial charge in [-0.25, -0.2) is 4.79 Å². The van der Waals surface area contributed by atoms with Crippen molar-refractivity contribution in [1.82, 2.24) is 5.32 Å². The van der Waals surface area contributed by atoms with Crippen LogP contribution in [0.2, 0.25) is 0 Å². The van der Waals surface area contributed by atoms with Gasteiger partial charge in [-0.05, 0) is 40.3 Å². The number of esters is 1. The van der Waals surface area contributed by atoms with Gasteiger partial charge in [-0.3, -0.25) is 4.79 Å². The highest BCUT2D eigenvalue weighted by atomic mass is 127. The van der Waals surface area contributed by atoms with Crippen LogP contribution in [-0.4, -0.2) is 25.0 Å². The summed E-state index contributed by atoms with van der Waals surface area (Å²) in [4.78, 5) is 24.3. The topological polar surface area (TPSA) is 55.4 Å². The van der Waals surface area contributed by atoms with Gasteiger partial charge in [0.2, 0.25) is 0 Å². The van der Waals surface area contributed by atoms with Crippen molar-refractivity contribution in [2.75, 3.05) is 7.11 Å². The van der Waals surface area contributed by atoms with Gasteiger partial charge >= 0.3 is 5.97 Å². The summed E-state index contributed by atoms with van der Waals surface area (Å²) in [6.45, 7) is 0. The van der Waals surface area contributed by atoms with E-state index in [2.05, 4.69) is 27.9 Å². The van der Waals surface area contributed by atoms with E-state index in [0.29, 0.717) is 12.0 Å². The van der Waals surface area contributed by atoms with Crippen LogP contribution < -0.4 is 5.32 Å². The van der Waals surface area contributed by atoms with Gasteiger partial charge in [-0.15, -0.1) is 0 Å². The molecule has 2 aromatic carbocycles. The standard InChI is InChI=1S/C17H16INO3/c1-22-17(21)15(11-12-7-3-2-4-8-12)19-16(20)13-9-5-6-10-14(13)18/h2-10,15H,11H2,1H3,(H,19,20). The molecule has 1 N–H and O–H groups in total. The molecule has 0 saturated heterocycles. The van der Waals surface area contributed by atoms with E-state index >= 15 is 0 Å². The summed E-state index contributed by atoms with van der Waals surface area (Å²) < 4.78 is 5.63. The Kier molecular flexibility index (Phi) is 5.94. The molecule has 5 heteroatoms. The number of rotatable bonds is 5. The van der Waals surface area contributed by atoms with E-state index in [0.717, 1.165) is 9.13 Å². The van der Waals surface area contributed by atoms with Crippen LogP contribution in [0.3, 0.4) is 0 Å². The van der Waals surface area contributed by atoms with Crippen molar-refractivity contribution in [2.24, 2.45) is 0 Å². The first-order chi connectivity index (χ1) is 10.6. The lowest BCUT2D eigenvalue weighted by atomic mass is 10.1. The third-order valence-corrected chi connectivity index (χ3v) is 4.13. The van der Waals surface area contributed by atoms with E-state index < -0.39 is 12.0 Å². The van der Waals surface area contributed by atoms with Crippen molar-refractivity contribution >= 4 is 34.5 Å². The molecule has 0 bridgehead atoms. The summed E-state index contributed by atoms with van der Waals surface area (Å²) in [7, 11) is 1.32. The van der Waals surface area contributed by atoms with Crippen LogP contribution in [0.4, 0.5) is 0 Å². The average Bonchev–Trinajstić information content (AvgIpc) is 2.54. The molecular formula is C17H16INO3. The quantitative estimate of drug-likeness (QED) is 0.611. The molecule has 0 saturated carbocycles. The predicted molar refractivity (Wildman–Crippen MR) is 92.6 cm³/mol. The number of amides is 1. The number of nitrogens with one attached hydrogen (secondary N) is 1. The Balaban J connectivity index is 2.15. The van der Waals surface area contributed by atoms with E-state index in [4.69, 9.17) is 4.74 Å². The molecule has 2 rings (SSSR count). The second-order valence-electron chi connectivity index (χ2n) is 4.72. The number of carbonyl (C=O) groups excluding carboxylic acids is 2. The van der Waals surface area contributed by atoms with E-state index in [9.17, 15) is 9.59 Å². The van der Waals surface area contributed by atoms with E-state index in [1.165, 1.54) is 7.11 Å². The van der Waals surface area contributed by atoms with Crippen molar-refractivity contribution in [3.8, 4) is 0 Å². The van der Waals surface area contributed by atoms with Crippen LogP contribution in [0, 0.1) is 3.57 Å². The van der Waals surface area contributed by atoms with Gasteiger partial charge in [0, 0.05) is 9.99 Å². The second kappa shape index (κ2) is 7.93. The Bertz CT molecular complexity index is 658. The summed E-state index contributed by atoms with van der Waals surface area (Å²) in [6, 6.07) is 16.0. The molecule has 0 radical (unpaired) electrons. The monoisotopic (exact) mass is 409 g/mol. The summed E-state index contributed by atoms with van der Waals surface area (Å²) in [5, 5.41) is 2.76. The molecule has 1 atom stereocenters. The highest BCUT2D eigenvalue weighted by molar-refractivity contribution is 14.1. The number of methoxy groups -OCH3 is 1. The van der Waals surface area contributed by atoms with Gasteiger partial charge in [-0.2, -0.15) is 0 Å². The number of hydrogen-bond acceptors (Lipinski definition) is 3. The van der Waals surface area contributed by atoms with Gasteiger partial charge in [0.1, 0.15) is 6.04 Å². The molecule has 0 aliphatic heterocycles. The van der Waals surface area contributed by atoms with E-state index in [1.807, 2.05) is 42.5 Å². The van der Waals surface area contributed by atoms with Gasteiger partial charge in [0.15, 0.2) is 0 Å². The minimum Gasteiger partial charge on any atom is -0.467 e. The molecule has 1 amide bonds. The number of carbonyl (C=O) groups is 2. The van der Waals surface area contributed by atoms with Gasteiger partial charge < -0.3 is 10.1 Å². The zero-order valence-corrected chi connectivity index (χ0v) is 14.2. The predicted octanol–water partition coefficient (Wildman–Crippen LogP) is 2.81. The minimum absolute atomic E-state index is 0.281. The maximum atomic E-state index is 12.4. The molecule has 114 valence electrons. The first-order valence-corrected chi connectivity index (χ1v) is 7.87. The fraction of sp³-hybridized carbons (Fsp3) is 0.176. The lowest BCUT2D eigenvalue weighted by molar-refractivity contribution is -0.142. The van der Waals surface area contributed by atoms with Crippen LogP contribution in [-0.2, 0) is 16.0 Å². The van der Waals surface area contributed by atoms with Crippen LogP contribution in [0.25, 0.3) is 0 Å². The number of ether oxygens (including phenoxy) is 1. The van der Waals surface area contributed by atoms with Crippen LogP contribution in [0.15, 0.2) is 54.6 Å². The number of halogens is 1. The normalized spacial score (nSPS) is 11.5. The molecule has 2 aromatic rings. The zero-order valence-electron chi connectivity index (χ0n) is 12.1. The van der Waals surface area contributed by atoms with Crippen LogP contribution in [0.1, 0.15) is 15.9 Å². The van der Waals surface area contributed by atoms with Gasteiger partial charge in [-0.1, -0.05) is 42.5 Å². The smallest absolute Gasteiger partial charge is 0.328 e. The van der Waals surface area contributed by atoms with Crippen molar-refractivity contribution in [3.63, 3.8) is 0 Å². The summed E-state index contributed by atoms with van der Waals surface area (Å²) >= 11 is 2.10. The highest BCUT2D eigenvalue weighted by Gasteiger charge is 2.23. The minimum atomic E-state index is -0.712. The van der Waals surface area contributed by atoms with Crippen LogP contribution >= 0.6 is 22.6 Å². The fourth-order valence-electron chi connectivity index (χ4n) is 2.07. The Morgan fingerprint density at radius 3 is 2.36 bits per heavy atom. The maximum Gasteiger partial charge on any atom is 0.328 e. The molecule has 0 fully saturated rings. The molecule has 0 heterocycles. The molecule has 1 unspecified atom stereocenters. The van der Waals surface area contributed by atoms with E-state index in [-0.39, 0.29) is 5.91 Å². The Morgan fingerprint density at radius 2 is 1.73 bits per heavy atom. The Morgan fingerprint density at radius 1 is 1.09 bits per heavy atom. The first kappa shape index (κ1) is 16.5. The maximum absolute atomic E-state index is 12.4. The van der Waals surface area contributed by atoms with E-state index in [1.54, 1.807) is 12.1 Å². The van der Waals surface area contributed by atoms with Crippen molar-refractivity contribution in [1.29, 1.82) is 0 Å². The van der Waals surface area contributed by atoms with Gasteiger partial charge in [0.05, 0.1) is 12.7 Å². The largest absolute Gasteiger partial charge is 0.467 e. The molecule has 0 spiro atoms.